The third kappa shape index (κ3) is 4.37. The summed E-state index contributed by atoms with van der Waals surface area (Å²) in [6.45, 7) is 0. The van der Waals surface area contributed by atoms with Crippen molar-refractivity contribution >= 4 is 45.8 Å². The molecule has 0 aliphatic heterocycles. The number of nitrogens with one attached hydrogen (secondary N) is 2. The van der Waals surface area contributed by atoms with E-state index in [0.717, 1.165) is 18.2 Å². The van der Waals surface area contributed by atoms with Crippen molar-refractivity contribution in [1.82, 2.24) is 15.0 Å². The fourth-order valence-electron chi connectivity index (χ4n) is 3.54. The van der Waals surface area contributed by atoms with Crippen LogP contribution in [-0.4, -0.2) is 32.1 Å². The van der Waals surface area contributed by atoms with Crippen LogP contribution in [0, 0.1) is 11.7 Å². The van der Waals surface area contributed by atoms with Crippen molar-refractivity contribution in [3.63, 3.8) is 0 Å². The van der Waals surface area contributed by atoms with Gasteiger partial charge in [0.05, 0.1) is 22.7 Å². The molecule has 1 saturated carbocycles. The molecule has 1 aromatic carbocycles. The molecule has 1 aliphatic rings. The van der Waals surface area contributed by atoms with Crippen molar-refractivity contribution in [2.75, 3.05) is 10.6 Å². The van der Waals surface area contributed by atoms with E-state index in [0.29, 0.717) is 35.7 Å². The van der Waals surface area contributed by atoms with Crippen molar-refractivity contribution in [1.29, 1.82) is 0 Å². The lowest BCUT2D eigenvalue weighted by molar-refractivity contribution is -0.142. The summed E-state index contributed by atoms with van der Waals surface area (Å²) >= 11 is 5.86. The van der Waals surface area contributed by atoms with Gasteiger partial charge in [-0.1, -0.05) is 11.6 Å². The number of carbonyl (C=O) groups is 1. The highest BCUT2D eigenvalue weighted by molar-refractivity contribution is 6.31. The quantitative estimate of drug-likeness (QED) is 0.559. The first kappa shape index (κ1) is 19.3. The molecule has 1 fully saturated rings. The Morgan fingerprint density at radius 2 is 1.93 bits per heavy atom. The largest absolute Gasteiger partial charge is 0.481 e. The molecule has 0 spiro atoms. The van der Waals surface area contributed by atoms with E-state index in [1.807, 2.05) is 6.07 Å². The van der Waals surface area contributed by atoms with E-state index in [-0.39, 0.29) is 17.0 Å². The number of hydrogen-bond acceptors (Lipinski definition) is 6. The molecule has 0 radical (unpaired) electrons. The number of halogens is 2. The van der Waals surface area contributed by atoms with E-state index in [9.17, 15) is 9.18 Å². The van der Waals surface area contributed by atoms with Gasteiger partial charge in [-0.2, -0.15) is 0 Å². The molecule has 3 aromatic rings. The van der Waals surface area contributed by atoms with Gasteiger partial charge in [0, 0.05) is 17.1 Å². The molecular weight excluding hydrogens is 397 g/mol. The van der Waals surface area contributed by atoms with Crippen molar-refractivity contribution in [3.8, 4) is 0 Å². The van der Waals surface area contributed by atoms with E-state index in [1.165, 1.54) is 18.5 Å². The Morgan fingerprint density at radius 1 is 1.14 bits per heavy atom. The van der Waals surface area contributed by atoms with Crippen molar-refractivity contribution in [3.05, 3.63) is 47.6 Å². The molecule has 29 heavy (non-hydrogen) atoms. The number of aliphatic carboxylic acids is 1. The van der Waals surface area contributed by atoms with Gasteiger partial charge in [-0.05, 0) is 49.9 Å². The highest BCUT2D eigenvalue weighted by Crippen LogP contribution is 2.29. The molecule has 0 bridgehead atoms. The number of benzene rings is 1. The second-order valence-electron chi connectivity index (χ2n) is 7.09. The van der Waals surface area contributed by atoms with Gasteiger partial charge in [-0.3, -0.25) is 4.79 Å². The molecule has 2 heterocycles. The van der Waals surface area contributed by atoms with Crippen LogP contribution in [0.4, 0.5) is 21.7 Å². The summed E-state index contributed by atoms with van der Waals surface area (Å²) in [4.78, 5) is 24.1. The van der Waals surface area contributed by atoms with E-state index >= 15 is 0 Å². The number of nitrogens with zero attached hydrogens (tertiary/aromatic N) is 3. The van der Waals surface area contributed by atoms with Crippen molar-refractivity contribution < 1.29 is 14.3 Å². The van der Waals surface area contributed by atoms with Gasteiger partial charge in [0.2, 0.25) is 0 Å². The smallest absolute Gasteiger partial charge is 0.306 e. The number of aromatic nitrogens is 3. The number of carboxylic acid groups (broad SMARTS) is 1. The summed E-state index contributed by atoms with van der Waals surface area (Å²) in [5, 5.41) is 16.4. The Morgan fingerprint density at radius 3 is 2.66 bits per heavy atom. The Bertz CT molecular complexity index is 1060. The minimum atomic E-state index is -0.721. The Labute approximate surface area is 171 Å². The molecule has 2 aromatic heterocycles. The minimum absolute atomic E-state index is 0.0225. The molecule has 7 nitrogen and oxygen atoms in total. The lowest BCUT2D eigenvalue weighted by Gasteiger charge is -2.27. The Kier molecular flexibility index (Phi) is 5.44. The Hall–Kier alpha value is -3.00. The van der Waals surface area contributed by atoms with Crippen LogP contribution < -0.4 is 10.6 Å². The van der Waals surface area contributed by atoms with Crippen LogP contribution in [0.5, 0.6) is 0 Å². The summed E-state index contributed by atoms with van der Waals surface area (Å²) in [6.07, 6.45) is 5.95. The van der Waals surface area contributed by atoms with Gasteiger partial charge in [0.25, 0.3) is 0 Å². The van der Waals surface area contributed by atoms with Gasteiger partial charge in [-0.25, -0.2) is 19.3 Å². The van der Waals surface area contributed by atoms with E-state index < -0.39 is 11.8 Å². The van der Waals surface area contributed by atoms with Crippen LogP contribution in [0.25, 0.3) is 10.9 Å². The lowest BCUT2D eigenvalue weighted by Crippen LogP contribution is -2.29. The number of fused-ring (bicyclic) bond motifs is 1. The van der Waals surface area contributed by atoms with Crippen molar-refractivity contribution in [2.45, 2.75) is 31.7 Å². The number of pyridine rings is 1. The topological polar surface area (TPSA) is 100 Å². The van der Waals surface area contributed by atoms with Gasteiger partial charge in [-0.15, -0.1) is 0 Å². The van der Waals surface area contributed by atoms with Crippen LogP contribution in [0.1, 0.15) is 25.7 Å². The summed E-state index contributed by atoms with van der Waals surface area (Å²) in [7, 11) is 0. The first-order chi connectivity index (χ1) is 14.0. The lowest BCUT2D eigenvalue weighted by atomic mass is 9.86. The van der Waals surface area contributed by atoms with Gasteiger partial charge >= 0.3 is 5.97 Å². The average Bonchev–Trinajstić information content (AvgIpc) is 2.71. The third-order valence-electron chi connectivity index (χ3n) is 5.13. The zero-order valence-electron chi connectivity index (χ0n) is 15.4. The second-order valence-corrected chi connectivity index (χ2v) is 7.50. The Balaban J connectivity index is 1.54. The van der Waals surface area contributed by atoms with Gasteiger partial charge in [0.1, 0.15) is 23.8 Å². The third-order valence-corrected chi connectivity index (χ3v) is 5.42. The SMILES string of the molecule is O=C(O)C1CCC(Nc2cc3c(Nc4ccc(F)c(Cl)c4)ncnc3cn2)CC1. The first-order valence-electron chi connectivity index (χ1n) is 9.32. The average molecular weight is 416 g/mol. The van der Waals surface area contributed by atoms with Crippen LogP contribution in [0.2, 0.25) is 5.02 Å². The molecule has 9 heteroatoms. The second kappa shape index (κ2) is 8.16. The van der Waals surface area contributed by atoms with Crippen LogP contribution in [0.15, 0.2) is 36.8 Å². The summed E-state index contributed by atoms with van der Waals surface area (Å²) in [6, 6.07) is 6.39. The van der Waals surface area contributed by atoms with Crippen LogP contribution in [-0.2, 0) is 4.79 Å². The number of hydrogen-bond donors (Lipinski definition) is 3. The van der Waals surface area contributed by atoms with Crippen LogP contribution >= 0.6 is 11.6 Å². The zero-order valence-corrected chi connectivity index (χ0v) is 16.2. The summed E-state index contributed by atoms with van der Waals surface area (Å²) in [5.41, 5.74) is 1.27. The zero-order chi connectivity index (χ0) is 20.4. The van der Waals surface area contributed by atoms with Crippen LogP contribution in [0.3, 0.4) is 0 Å². The molecule has 3 N–H and O–H groups in total. The maximum atomic E-state index is 13.4. The predicted molar refractivity (Wildman–Crippen MR) is 109 cm³/mol. The number of anilines is 3. The highest BCUT2D eigenvalue weighted by atomic mass is 35.5. The molecule has 0 amide bonds. The molecule has 0 unspecified atom stereocenters. The van der Waals surface area contributed by atoms with E-state index in [4.69, 9.17) is 16.7 Å². The molecule has 0 saturated heterocycles. The normalized spacial score (nSPS) is 19.1. The molecular formula is C20H19ClFN5O2. The molecule has 1 aliphatic carbocycles. The first-order valence-corrected chi connectivity index (χ1v) is 9.69. The maximum Gasteiger partial charge on any atom is 0.306 e. The predicted octanol–water partition coefficient (Wildman–Crippen LogP) is 4.62. The molecule has 0 atom stereocenters. The van der Waals surface area contributed by atoms with Gasteiger partial charge in [0.15, 0.2) is 0 Å². The standard InChI is InChI=1S/C20H19ClFN5O2/c21-15-7-13(5-6-16(15)22)27-19-14-8-18(23-9-17(14)24-10-25-19)26-12-3-1-11(2-4-12)20(28)29/h5-12H,1-4H2,(H,23,26)(H,28,29)(H,24,25,27). The highest BCUT2D eigenvalue weighted by Gasteiger charge is 2.26. The molecule has 4 rings (SSSR count). The summed E-state index contributed by atoms with van der Waals surface area (Å²) in [5.74, 6) is -0.243. The molecule has 150 valence electrons. The summed E-state index contributed by atoms with van der Waals surface area (Å²) < 4.78 is 13.4. The van der Waals surface area contributed by atoms with Gasteiger partial charge < -0.3 is 15.7 Å². The fraction of sp³-hybridized carbons (Fsp3) is 0.300. The number of carboxylic acids is 1. The fourth-order valence-corrected chi connectivity index (χ4v) is 3.72. The monoisotopic (exact) mass is 415 g/mol. The van der Waals surface area contributed by atoms with E-state index in [2.05, 4.69) is 25.6 Å². The van der Waals surface area contributed by atoms with Crippen molar-refractivity contribution in [2.24, 2.45) is 5.92 Å². The van der Waals surface area contributed by atoms with E-state index in [1.54, 1.807) is 12.3 Å². The number of rotatable bonds is 5. The maximum absolute atomic E-state index is 13.4. The minimum Gasteiger partial charge on any atom is -0.481 e.